The van der Waals surface area contributed by atoms with Crippen LogP contribution in [0.15, 0.2) is 34.9 Å². The van der Waals surface area contributed by atoms with Gasteiger partial charge in [-0.1, -0.05) is 17.3 Å². The van der Waals surface area contributed by atoms with E-state index in [2.05, 4.69) is 10.5 Å². The summed E-state index contributed by atoms with van der Waals surface area (Å²) in [4.78, 5) is 37.0. The first-order valence-corrected chi connectivity index (χ1v) is 9.19. The van der Waals surface area contributed by atoms with E-state index in [-0.39, 0.29) is 44.5 Å². The van der Waals surface area contributed by atoms with Gasteiger partial charge in [0.05, 0.1) is 29.2 Å². The van der Waals surface area contributed by atoms with Crippen LogP contribution in [-0.4, -0.2) is 50.6 Å². The van der Waals surface area contributed by atoms with E-state index in [1.807, 2.05) is 0 Å². The number of aryl methyl sites for hydroxylation is 1. The number of non-ortho nitro benzene ring substituents is 1. The number of nitrogens with zero attached hydrogens (tertiary/aromatic N) is 3. The number of aliphatic hydroxyl groups excluding tert-OH is 1. The molecule has 0 unspecified atom stereocenters. The molecule has 1 aliphatic rings. The van der Waals surface area contributed by atoms with Gasteiger partial charge in [-0.25, -0.2) is 0 Å². The SMILES string of the molecule is Cc1cc(CC(=O)N2C[C@H](O)C[C@H]2C(=O)N[C@@H](C)c2ccc([N+](=O)[O-])cc2)on1.S. The average Bonchev–Trinajstić information content (AvgIpc) is 3.27. The molecule has 2 heterocycles. The first kappa shape index (κ1) is 23.4. The molecular formula is C19H24N4O6S. The maximum Gasteiger partial charge on any atom is 0.269 e. The van der Waals surface area contributed by atoms with Crippen molar-refractivity contribution in [2.45, 2.75) is 44.9 Å². The van der Waals surface area contributed by atoms with Crippen molar-refractivity contribution in [2.75, 3.05) is 6.54 Å². The molecule has 2 N–H and O–H groups in total. The molecule has 0 radical (unpaired) electrons. The third-order valence-electron chi connectivity index (χ3n) is 4.87. The van der Waals surface area contributed by atoms with Crippen LogP contribution in [0.5, 0.6) is 0 Å². The Bertz CT molecular complexity index is 916. The number of carbonyl (C=O) groups is 2. The summed E-state index contributed by atoms with van der Waals surface area (Å²) in [6.07, 6.45) is -0.698. The second kappa shape index (κ2) is 9.72. The zero-order chi connectivity index (χ0) is 21.1. The molecule has 0 bridgehead atoms. The summed E-state index contributed by atoms with van der Waals surface area (Å²) in [5.74, 6) is -0.331. The summed E-state index contributed by atoms with van der Waals surface area (Å²) in [7, 11) is 0. The van der Waals surface area contributed by atoms with E-state index in [9.17, 15) is 24.8 Å². The lowest BCUT2D eigenvalue weighted by Gasteiger charge is -2.25. The van der Waals surface area contributed by atoms with Crippen molar-refractivity contribution in [2.24, 2.45) is 0 Å². The number of β-amino-alcohol motifs (C(OH)–C–C–N with tert-alkyl or cyclic N) is 1. The van der Waals surface area contributed by atoms with Crippen molar-refractivity contribution in [3.05, 3.63) is 57.5 Å². The van der Waals surface area contributed by atoms with Crippen LogP contribution in [0.25, 0.3) is 0 Å². The average molecular weight is 436 g/mol. The Kier molecular flexibility index (Phi) is 7.57. The predicted molar refractivity (Wildman–Crippen MR) is 111 cm³/mol. The lowest BCUT2D eigenvalue weighted by atomic mass is 10.1. The fourth-order valence-corrected chi connectivity index (χ4v) is 3.37. The van der Waals surface area contributed by atoms with Crippen LogP contribution < -0.4 is 5.32 Å². The Hall–Kier alpha value is -2.92. The van der Waals surface area contributed by atoms with Gasteiger partial charge in [-0.3, -0.25) is 19.7 Å². The number of aromatic nitrogens is 1. The van der Waals surface area contributed by atoms with Gasteiger partial charge in [-0.2, -0.15) is 13.5 Å². The zero-order valence-corrected chi connectivity index (χ0v) is 17.6. The minimum atomic E-state index is -0.804. The quantitative estimate of drug-likeness (QED) is 0.515. The van der Waals surface area contributed by atoms with E-state index in [1.54, 1.807) is 32.0 Å². The molecule has 3 rings (SSSR count). The standard InChI is InChI=1S/C19H22N4O6.H2S/c1-11-7-16(29-21-11)9-18(25)22-10-15(24)8-17(22)19(26)20-12(2)13-3-5-14(6-4-13)23(27)28;/h3-7,12,15,17,24H,8-10H2,1-2H3,(H,20,26);1H2/t12-,15+,17-;/m0./s1. The Balaban J connectivity index is 0.00000320. The van der Waals surface area contributed by atoms with Crippen LogP contribution in [0.2, 0.25) is 0 Å². The molecule has 2 aromatic rings. The van der Waals surface area contributed by atoms with E-state index in [0.717, 1.165) is 0 Å². The first-order chi connectivity index (χ1) is 13.7. The van der Waals surface area contributed by atoms with Crippen LogP contribution in [0.3, 0.4) is 0 Å². The van der Waals surface area contributed by atoms with Crippen molar-refractivity contribution in [3.8, 4) is 0 Å². The van der Waals surface area contributed by atoms with Crippen molar-refractivity contribution >= 4 is 31.0 Å². The van der Waals surface area contributed by atoms with Gasteiger partial charge < -0.3 is 19.8 Å². The maximum absolute atomic E-state index is 12.8. The number of hydrogen-bond donors (Lipinski definition) is 2. The molecule has 0 spiro atoms. The van der Waals surface area contributed by atoms with E-state index >= 15 is 0 Å². The van der Waals surface area contributed by atoms with Crippen molar-refractivity contribution in [3.63, 3.8) is 0 Å². The molecule has 0 saturated carbocycles. The highest BCUT2D eigenvalue weighted by Gasteiger charge is 2.39. The van der Waals surface area contributed by atoms with E-state index in [4.69, 9.17) is 4.52 Å². The van der Waals surface area contributed by atoms with E-state index in [1.165, 1.54) is 17.0 Å². The predicted octanol–water partition coefficient (Wildman–Crippen LogP) is 1.39. The molecule has 10 nitrogen and oxygen atoms in total. The Morgan fingerprint density at radius 3 is 2.63 bits per heavy atom. The van der Waals surface area contributed by atoms with Gasteiger partial charge in [0, 0.05) is 31.2 Å². The van der Waals surface area contributed by atoms with Crippen LogP contribution in [0, 0.1) is 17.0 Å². The maximum atomic E-state index is 12.8. The smallest absolute Gasteiger partial charge is 0.269 e. The third kappa shape index (κ3) is 5.36. The van der Waals surface area contributed by atoms with Crippen LogP contribution in [0.1, 0.15) is 36.4 Å². The van der Waals surface area contributed by atoms with Gasteiger partial charge in [0.2, 0.25) is 11.8 Å². The highest BCUT2D eigenvalue weighted by Crippen LogP contribution is 2.22. The fourth-order valence-electron chi connectivity index (χ4n) is 3.37. The second-order valence-corrected chi connectivity index (χ2v) is 7.14. The number of nitrogens with one attached hydrogen (secondary N) is 1. The molecular weight excluding hydrogens is 412 g/mol. The summed E-state index contributed by atoms with van der Waals surface area (Å²) < 4.78 is 5.06. The van der Waals surface area contributed by atoms with Crippen molar-refractivity contribution < 1.29 is 24.1 Å². The van der Waals surface area contributed by atoms with Crippen LogP contribution in [0.4, 0.5) is 5.69 Å². The van der Waals surface area contributed by atoms with Crippen LogP contribution in [-0.2, 0) is 16.0 Å². The van der Waals surface area contributed by atoms with E-state index < -0.39 is 29.0 Å². The lowest BCUT2D eigenvalue weighted by Crippen LogP contribution is -2.47. The summed E-state index contributed by atoms with van der Waals surface area (Å²) in [5.41, 5.74) is 1.31. The van der Waals surface area contributed by atoms with Gasteiger partial charge in [0.1, 0.15) is 11.8 Å². The minimum Gasteiger partial charge on any atom is -0.391 e. The normalized spacial score (nSPS) is 19.1. The molecule has 162 valence electrons. The number of amides is 2. The number of nitro groups is 1. The minimum absolute atomic E-state index is 0. The summed E-state index contributed by atoms with van der Waals surface area (Å²) >= 11 is 0. The summed E-state index contributed by atoms with van der Waals surface area (Å²) in [6, 6.07) is 6.30. The molecule has 30 heavy (non-hydrogen) atoms. The van der Waals surface area contributed by atoms with Gasteiger partial charge >= 0.3 is 0 Å². The molecule has 3 atom stereocenters. The van der Waals surface area contributed by atoms with Gasteiger partial charge in [0.25, 0.3) is 5.69 Å². The number of aliphatic hydroxyl groups is 1. The van der Waals surface area contributed by atoms with Gasteiger partial charge in [-0.15, -0.1) is 0 Å². The van der Waals surface area contributed by atoms with Crippen LogP contribution >= 0.6 is 13.5 Å². The Labute approximate surface area is 179 Å². The van der Waals surface area contributed by atoms with E-state index in [0.29, 0.717) is 17.0 Å². The molecule has 1 aromatic carbocycles. The third-order valence-corrected chi connectivity index (χ3v) is 4.87. The molecule has 1 fully saturated rings. The molecule has 1 saturated heterocycles. The molecule has 0 aliphatic carbocycles. The molecule has 1 aliphatic heterocycles. The first-order valence-electron chi connectivity index (χ1n) is 9.19. The number of carbonyl (C=O) groups excluding carboxylic acids is 2. The summed E-state index contributed by atoms with van der Waals surface area (Å²) in [6.45, 7) is 3.55. The number of benzene rings is 1. The lowest BCUT2D eigenvalue weighted by molar-refractivity contribution is -0.384. The number of hydrogen-bond acceptors (Lipinski definition) is 7. The number of rotatable bonds is 6. The largest absolute Gasteiger partial charge is 0.391 e. The van der Waals surface area contributed by atoms with Crippen molar-refractivity contribution in [1.82, 2.24) is 15.4 Å². The molecule has 2 amide bonds. The zero-order valence-electron chi connectivity index (χ0n) is 16.6. The monoisotopic (exact) mass is 436 g/mol. The van der Waals surface area contributed by atoms with Gasteiger partial charge in [-0.05, 0) is 19.4 Å². The molecule has 11 heteroatoms. The Morgan fingerprint density at radius 2 is 2.07 bits per heavy atom. The van der Waals surface area contributed by atoms with Crippen molar-refractivity contribution in [1.29, 1.82) is 0 Å². The van der Waals surface area contributed by atoms with Gasteiger partial charge in [0.15, 0.2) is 0 Å². The topological polar surface area (TPSA) is 139 Å². The number of likely N-dealkylation sites (tertiary alicyclic amines) is 1. The second-order valence-electron chi connectivity index (χ2n) is 7.14. The highest BCUT2D eigenvalue weighted by molar-refractivity contribution is 7.59. The Morgan fingerprint density at radius 1 is 1.40 bits per heavy atom. The summed E-state index contributed by atoms with van der Waals surface area (Å²) in [5, 5.41) is 27.3. The fraction of sp³-hybridized carbons (Fsp3) is 0.421. The highest BCUT2D eigenvalue weighted by atomic mass is 32.1. The number of nitro benzene ring substituents is 1. The molecule has 1 aromatic heterocycles.